The van der Waals surface area contributed by atoms with E-state index in [2.05, 4.69) is 55.4 Å². The number of aromatic nitrogens is 4. The maximum Gasteiger partial charge on any atom is 0.224 e. The van der Waals surface area contributed by atoms with Gasteiger partial charge in [-0.3, -0.25) is 4.90 Å². The molecule has 1 saturated carbocycles. The summed E-state index contributed by atoms with van der Waals surface area (Å²) in [7, 11) is 0. The largest absolute Gasteiger partial charge is 0.379 e. The molecule has 3 fully saturated rings. The Kier molecular flexibility index (Phi) is 8.98. The van der Waals surface area contributed by atoms with E-state index in [0.717, 1.165) is 81.1 Å². The SMILES string of the molecule is CCCCNc1ncc2c(-c3ccc(SN4CCC(N5CCOCC5)CC4)cc3)nn(C3CCCCC3)c2n1. The quantitative estimate of drug-likeness (QED) is 0.257. The Balaban J connectivity index is 1.16. The van der Waals surface area contributed by atoms with Gasteiger partial charge in [-0.1, -0.05) is 44.7 Å². The molecule has 0 bridgehead atoms. The summed E-state index contributed by atoms with van der Waals surface area (Å²) in [5.74, 6) is 0.712. The van der Waals surface area contributed by atoms with Crippen LogP contribution in [0.3, 0.4) is 0 Å². The summed E-state index contributed by atoms with van der Waals surface area (Å²) in [6, 6.07) is 10.1. The number of nitrogens with zero attached hydrogens (tertiary/aromatic N) is 6. The molecule has 1 N–H and O–H groups in total. The molecule has 1 aliphatic carbocycles. The maximum absolute atomic E-state index is 5.54. The summed E-state index contributed by atoms with van der Waals surface area (Å²) in [6.07, 6.45) is 12.9. The highest BCUT2D eigenvalue weighted by Crippen LogP contribution is 2.35. The number of fused-ring (bicyclic) bond motifs is 1. The van der Waals surface area contributed by atoms with Crippen LogP contribution in [0.5, 0.6) is 0 Å². The van der Waals surface area contributed by atoms with Crippen molar-refractivity contribution in [3.05, 3.63) is 30.5 Å². The zero-order chi connectivity index (χ0) is 26.4. The van der Waals surface area contributed by atoms with E-state index in [4.69, 9.17) is 14.8 Å². The van der Waals surface area contributed by atoms with E-state index >= 15 is 0 Å². The van der Waals surface area contributed by atoms with Crippen molar-refractivity contribution in [1.82, 2.24) is 29.0 Å². The molecule has 0 unspecified atom stereocenters. The van der Waals surface area contributed by atoms with Crippen molar-refractivity contribution in [1.29, 1.82) is 0 Å². The molecular formula is C30H43N7OS. The van der Waals surface area contributed by atoms with Gasteiger partial charge in [-0.2, -0.15) is 10.1 Å². The number of morpholine rings is 1. The Hall–Kier alpha value is -2.20. The molecular weight excluding hydrogens is 506 g/mol. The van der Waals surface area contributed by atoms with E-state index in [1.165, 1.54) is 49.8 Å². The predicted octanol–water partition coefficient (Wildman–Crippen LogP) is 6.01. The van der Waals surface area contributed by atoms with Crippen LogP contribution in [-0.4, -0.2) is 80.9 Å². The van der Waals surface area contributed by atoms with E-state index < -0.39 is 0 Å². The minimum absolute atomic E-state index is 0.420. The summed E-state index contributed by atoms with van der Waals surface area (Å²) in [4.78, 5) is 13.5. The van der Waals surface area contributed by atoms with Gasteiger partial charge in [-0.25, -0.2) is 14.0 Å². The minimum Gasteiger partial charge on any atom is -0.379 e. The van der Waals surface area contributed by atoms with Gasteiger partial charge in [0.1, 0.15) is 5.69 Å². The van der Waals surface area contributed by atoms with Gasteiger partial charge in [0, 0.05) is 55.4 Å². The number of hydrogen-bond donors (Lipinski definition) is 1. The normalized spacial score (nSPS) is 20.5. The van der Waals surface area contributed by atoms with Gasteiger partial charge < -0.3 is 10.1 Å². The fraction of sp³-hybridized carbons (Fsp3) is 0.633. The van der Waals surface area contributed by atoms with Crippen LogP contribution in [0.4, 0.5) is 5.95 Å². The first-order valence-corrected chi connectivity index (χ1v) is 15.9. The van der Waals surface area contributed by atoms with Crippen molar-refractivity contribution >= 4 is 28.9 Å². The van der Waals surface area contributed by atoms with Crippen LogP contribution in [0.15, 0.2) is 35.4 Å². The summed E-state index contributed by atoms with van der Waals surface area (Å²) >= 11 is 1.89. The lowest BCUT2D eigenvalue weighted by Crippen LogP contribution is -2.47. The third-order valence-electron chi connectivity index (χ3n) is 8.53. The minimum atomic E-state index is 0.420. The second-order valence-electron chi connectivity index (χ2n) is 11.2. The standard InChI is InChI=1S/C30H43N7OS/c1-2-3-15-31-30-32-22-27-28(34-37(29(27)33-30)25-7-5-4-6-8-25)23-9-11-26(12-10-23)39-36-16-13-24(14-17-36)35-18-20-38-21-19-35/h9-12,22,24-25H,2-8,13-21H2,1H3,(H,31,32,33). The van der Waals surface area contributed by atoms with Gasteiger partial charge in [-0.15, -0.1) is 0 Å². The van der Waals surface area contributed by atoms with Crippen molar-refractivity contribution < 1.29 is 4.74 Å². The van der Waals surface area contributed by atoms with Crippen LogP contribution in [0, 0.1) is 0 Å². The van der Waals surface area contributed by atoms with Gasteiger partial charge in [0.15, 0.2) is 5.65 Å². The molecule has 0 amide bonds. The summed E-state index contributed by atoms with van der Waals surface area (Å²) in [5, 5.41) is 9.63. The van der Waals surface area contributed by atoms with E-state index in [-0.39, 0.29) is 0 Å². The average Bonchev–Trinajstić information content (AvgIpc) is 3.38. The molecule has 0 radical (unpaired) electrons. The van der Waals surface area contributed by atoms with E-state index in [9.17, 15) is 0 Å². The number of nitrogens with one attached hydrogen (secondary N) is 1. The van der Waals surface area contributed by atoms with Crippen LogP contribution in [0.25, 0.3) is 22.3 Å². The molecule has 6 rings (SSSR count). The highest BCUT2D eigenvalue weighted by Gasteiger charge is 2.27. The van der Waals surface area contributed by atoms with Gasteiger partial charge in [0.25, 0.3) is 0 Å². The third-order valence-corrected chi connectivity index (χ3v) is 9.64. The van der Waals surface area contributed by atoms with Gasteiger partial charge >= 0.3 is 0 Å². The van der Waals surface area contributed by atoms with Crippen LogP contribution in [0.2, 0.25) is 0 Å². The number of piperidine rings is 1. The number of anilines is 1. The lowest BCUT2D eigenvalue weighted by Gasteiger charge is -2.39. The monoisotopic (exact) mass is 549 g/mol. The third kappa shape index (κ3) is 6.42. The van der Waals surface area contributed by atoms with Crippen molar-refractivity contribution in [3.8, 4) is 11.3 Å². The van der Waals surface area contributed by atoms with E-state index in [1.807, 2.05) is 18.1 Å². The van der Waals surface area contributed by atoms with E-state index in [1.54, 1.807) is 0 Å². The first-order chi connectivity index (χ1) is 19.3. The molecule has 2 aromatic heterocycles. The molecule has 8 nitrogen and oxygen atoms in total. The molecule has 210 valence electrons. The first kappa shape index (κ1) is 27.0. The molecule has 2 saturated heterocycles. The number of ether oxygens (including phenoxy) is 1. The molecule has 1 aromatic carbocycles. The second kappa shape index (κ2) is 13.0. The molecule has 9 heteroatoms. The first-order valence-electron chi connectivity index (χ1n) is 15.1. The highest BCUT2D eigenvalue weighted by molar-refractivity contribution is 7.97. The zero-order valence-corrected chi connectivity index (χ0v) is 24.2. The van der Waals surface area contributed by atoms with E-state index in [0.29, 0.717) is 18.0 Å². The molecule has 4 heterocycles. The number of benzene rings is 1. The Morgan fingerprint density at radius 3 is 2.46 bits per heavy atom. The fourth-order valence-electron chi connectivity index (χ4n) is 6.24. The smallest absolute Gasteiger partial charge is 0.224 e. The topological polar surface area (TPSA) is 71.3 Å². The van der Waals surface area contributed by atoms with Crippen LogP contribution in [-0.2, 0) is 4.74 Å². The van der Waals surface area contributed by atoms with Crippen molar-refractivity contribution in [3.63, 3.8) is 0 Å². The summed E-state index contributed by atoms with van der Waals surface area (Å²) < 4.78 is 10.3. The number of hydrogen-bond acceptors (Lipinski definition) is 8. The Bertz CT molecular complexity index is 1200. The zero-order valence-electron chi connectivity index (χ0n) is 23.4. The van der Waals surface area contributed by atoms with Crippen molar-refractivity contribution in [2.75, 3.05) is 51.3 Å². The van der Waals surface area contributed by atoms with Gasteiger partial charge in [0.2, 0.25) is 5.95 Å². The highest BCUT2D eigenvalue weighted by atomic mass is 32.2. The molecule has 0 spiro atoms. The van der Waals surface area contributed by atoms with Crippen LogP contribution in [0.1, 0.15) is 70.8 Å². The molecule has 39 heavy (non-hydrogen) atoms. The lowest BCUT2D eigenvalue weighted by molar-refractivity contribution is 0.00658. The number of unbranched alkanes of at least 4 members (excludes halogenated alkanes) is 1. The summed E-state index contributed by atoms with van der Waals surface area (Å²) in [5.41, 5.74) is 3.10. The lowest BCUT2D eigenvalue weighted by atomic mass is 9.96. The van der Waals surface area contributed by atoms with Gasteiger partial charge in [0.05, 0.1) is 24.6 Å². The Morgan fingerprint density at radius 1 is 0.949 bits per heavy atom. The molecule has 3 aromatic rings. The molecule has 0 atom stereocenters. The van der Waals surface area contributed by atoms with Gasteiger partial charge in [-0.05, 0) is 56.2 Å². The van der Waals surface area contributed by atoms with Crippen molar-refractivity contribution in [2.45, 2.75) is 81.7 Å². The van der Waals surface area contributed by atoms with Crippen LogP contribution >= 0.6 is 11.9 Å². The Morgan fingerprint density at radius 2 is 1.72 bits per heavy atom. The second-order valence-corrected chi connectivity index (χ2v) is 12.4. The van der Waals surface area contributed by atoms with Crippen LogP contribution < -0.4 is 5.32 Å². The Labute approximate surface area is 237 Å². The average molecular weight is 550 g/mol. The summed E-state index contributed by atoms with van der Waals surface area (Å²) in [6.45, 7) is 9.33. The molecule has 3 aliphatic rings. The number of rotatable bonds is 9. The predicted molar refractivity (Wildman–Crippen MR) is 159 cm³/mol. The maximum atomic E-state index is 5.54. The molecule has 2 aliphatic heterocycles. The van der Waals surface area contributed by atoms with Crippen molar-refractivity contribution in [2.24, 2.45) is 0 Å². The fourth-order valence-corrected chi connectivity index (χ4v) is 7.19.